The van der Waals surface area contributed by atoms with Gasteiger partial charge in [-0.3, -0.25) is 9.10 Å². The van der Waals surface area contributed by atoms with Crippen LogP contribution in [0.5, 0.6) is 5.75 Å². The summed E-state index contributed by atoms with van der Waals surface area (Å²) in [5.74, 6) is 0.0962. The first kappa shape index (κ1) is 22.9. The van der Waals surface area contributed by atoms with Gasteiger partial charge in [-0.2, -0.15) is 0 Å². The molecule has 0 spiro atoms. The number of anilines is 3. The van der Waals surface area contributed by atoms with E-state index in [9.17, 15) is 13.2 Å². The summed E-state index contributed by atoms with van der Waals surface area (Å²) in [5, 5.41) is 2.83. The van der Waals surface area contributed by atoms with Crippen molar-refractivity contribution in [1.29, 1.82) is 0 Å². The zero-order valence-electron chi connectivity index (χ0n) is 18.4. The van der Waals surface area contributed by atoms with E-state index in [4.69, 9.17) is 4.74 Å². The Hall–Kier alpha value is -2.78. The molecule has 1 N–H and O–H groups in total. The third-order valence-corrected chi connectivity index (χ3v) is 6.64. The highest BCUT2D eigenvalue weighted by Crippen LogP contribution is 2.26. The third-order valence-electron chi connectivity index (χ3n) is 5.40. The van der Waals surface area contributed by atoms with Crippen molar-refractivity contribution in [2.45, 2.75) is 13.0 Å². The van der Waals surface area contributed by atoms with Gasteiger partial charge in [0.1, 0.15) is 11.8 Å². The highest BCUT2D eigenvalue weighted by molar-refractivity contribution is 7.92. The number of rotatable bonds is 7. The molecular formula is C22H30N4O4S. The molecule has 2 aromatic rings. The number of amides is 1. The monoisotopic (exact) mass is 446 g/mol. The van der Waals surface area contributed by atoms with Gasteiger partial charge < -0.3 is 19.9 Å². The lowest BCUT2D eigenvalue weighted by atomic mass is 10.2. The summed E-state index contributed by atoms with van der Waals surface area (Å²) in [6, 6.07) is 13.3. The Labute approximate surface area is 184 Å². The van der Waals surface area contributed by atoms with Gasteiger partial charge in [-0.05, 0) is 50.4 Å². The summed E-state index contributed by atoms with van der Waals surface area (Å²) in [4.78, 5) is 17.5. The number of methoxy groups -OCH3 is 1. The number of hydrogen-bond donors (Lipinski definition) is 1. The molecule has 31 heavy (non-hydrogen) atoms. The van der Waals surface area contributed by atoms with Crippen molar-refractivity contribution in [2.75, 3.05) is 61.1 Å². The van der Waals surface area contributed by atoms with Gasteiger partial charge in [0, 0.05) is 43.6 Å². The number of nitrogens with zero attached hydrogens (tertiary/aromatic N) is 3. The summed E-state index contributed by atoms with van der Waals surface area (Å²) in [6.07, 6.45) is 1.08. The van der Waals surface area contributed by atoms with E-state index in [1.54, 1.807) is 31.2 Å². The maximum absolute atomic E-state index is 12.9. The predicted molar refractivity (Wildman–Crippen MR) is 125 cm³/mol. The average molecular weight is 447 g/mol. The summed E-state index contributed by atoms with van der Waals surface area (Å²) in [7, 11) is -0.0796. The Kier molecular flexibility index (Phi) is 7.07. The van der Waals surface area contributed by atoms with Crippen LogP contribution in [0.2, 0.25) is 0 Å². The minimum absolute atomic E-state index is 0.370. The average Bonchev–Trinajstić information content (AvgIpc) is 2.74. The molecule has 0 unspecified atom stereocenters. The molecule has 1 fully saturated rings. The fraction of sp³-hybridized carbons (Fsp3) is 0.409. The quantitative estimate of drug-likeness (QED) is 0.703. The van der Waals surface area contributed by atoms with Gasteiger partial charge in [0.25, 0.3) is 0 Å². The van der Waals surface area contributed by atoms with Crippen LogP contribution in [0.1, 0.15) is 6.92 Å². The Balaban J connectivity index is 1.73. The molecule has 1 saturated heterocycles. The number of carbonyl (C=O) groups is 1. The topological polar surface area (TPSA) is 82.2 Å². The zero-order valence-corrected chi connectivity index (χ0v) is 19.2. The van der Waals surface area contributed by atoms with Crippen molar-refractivity contribution in [3.63, 3.8) is 0 Å². The van der Waals surface area contributed by atoms with Crippen LogP contribution in [-0.4, -0.2) is 71.9 Å². The minimum Gasteiger partial charge on any atom is -0.497 e. The molecule has 2 aromatic carbocycles. The molecule has 1 amide bonds. The van der Waals surface area contributed by atoms with Gasteiger partial charge in [-0.15, -0.1) is 0 Å². The molecule has 1 aliphatic heterocycles. The highest BCUT2D eigenvalue weighted by atomic mass is 32.2. The van der Waals surface area contributed by atoms with Gasteiger partial charge >= 0.3 is 0 Å². The molecule has 0 aliphatic carbocycles. The Morgan fingerprint density at radius 1 is 1.10 bits per heavy atom. The Morgan fingerprint density at radius 2 is 1.74 bits per heavy atom. The number of hydrogen-bond acceptors (Lipinski definition) is 6. The van der Waals surface area contributed by atoms with Crippen molar-refractivity contribution >= 4 is 33.0 Å². The smallest absolute Gasteiger partial charge is 0.247 e. The van der Waals surface area contributed by atoms with E-state index < -0.39 is 22.0 Å². The second-order valence-corrected chi connectivity index (χ2v) is 9.62. The van der Waals surface area contributed by atoms with Crippen molar-refractivity contribution in [2.24, 2.45) is 0 Å². The Bertz CT molecular complexity index is 1000. The van der Waals surface area contributed by atoms with Crippen LogP contribution in [0.25, 0.3) is 0 Å². The summed E-state index contributed by atoms with van der Waals surface area (Å²) in [6.45, 7) is 5.52. The van der Waals surface area contributed by atoms with E-state index in [0.717, 1.165) is 42.4 Å². The highest BCUT2D eigenvalue weighted by Gasteiger charge is 2.29. The molecule has 1 heterocycles. The summed E-state index contributed by atoms with van der Waals surface area (Å²) < 4.78 is 31.2. The summed E-state index contributed by atoms with van der Waals surface area (Å²) >= 11 is 0. The number of ether oxygens (including phenoxy) is 1. The van der Waals surface area contributed by atoms with Crippen LogP contribution in [-0.2, 0) is 14.8 Å². The lowest BCUT2D eigenvalue weighted by Gasteiger charge is -2.34. The fourth-order valence-corrected chi connectivity index (χ4v) is 4.79. The van der Waals surface area contributed by atoms with Crippen molar-refractivity contribution in [1.82, 2.24) is 4.90 Å². The van der Waals surface area contributed by atoms with Gasteiger partial charge in [0.05, 0.1) is 19.1 Å². The molecule has 1 atom stereocenters. The van der Waals surface area contributed by atoms with Gasteiger partial charge in [0.2, 0.25) is 15.9 Å². The molecule has 3 rings (SSSR count). The first-order valence-corrected chi connectivity index (χ1v) is 12.0. The van der Waals surface area contributed by atoms with Gasteiger partial charge in [0.15, 0.2) is 0 Å². The van der Waals surface area contributed by atoms with Gasteiger partial charge in [-0.1, -0.05) is 6.07 Å². The van der Waals surface area contributed by atoms with Crippen LogP contribution < -0.4 is 19.3 Å². The number of sulfonamides is 1. The van der Waals surface area contributed by atoms with E-state index in [1.165, 1.54) is 7.11 Å². The number of likely N-dealkylation sites (N-methyl/N-ethyl adjacent to an activating group) is 1. The van der Waals surface area contributed by atoms with E-state index in [2.05, 4.69) is 22.2 Å². The Morgan fingerprint density at radius 3 is 2.32 bits per heavy atom. The minimum atomic E-state index is -3.70. The maximum Gasteiger partial charge on any atom is 0.247 e. The molecule has 168 valence electrons. The zero-order chi connectivity index (χ0) is 22.6. The fourth-order valence-electron chi connectivity index (χ4n) is 3.62. The number of benzene rings is 2. The van der Waals surface area contributed by atoms with Gasteiger partial charge in [-0.25, -0.2) is 8.42 Å². The SMILES string of the molecule is COc1cccc(N([C@@H](C)C(=O)Nc2ccc(N3CCN(C)CC3)cc2)S(C)(=O)=O)c1. The van der Waals surface area contributed by atoms with Crippen LogP contribution >= 0.6 is 0 Å². The molecule has 0 radical (unpaired) electrons. The molecule has 0 aromatic heterocycles. The third kappa shape index (κ3) is 5.68. The summed E-state index contributed by atoms with van der Waals surface area (Å²) in [5.41, 5.74) is 2.09. The van der Waals surface area contributed by atoms with E-state index in [1.807, 2.05) is 24.3 Å². The van der Waals surface area contributed by atoms with E-state index in [-0.39, 0.29) is 0 Å². The molecule has 0 bridgehead atoms. The van der Waals surface area contributed by atoms with Crippen LogP contribution in [0.15, 0.2) is 48.5 Å². The molecule has 9 heteroatoms. The van der Waals surface area contributed by atoms with Crippen molar-refractivity contribution in [3.8, 4) is 5.75 Å². The molecular weight excluding hydrogens is 416 g/mol. The second kappa shape index (κ2) is 9.57. The molecule has 0 saturated carbocycles. The number of carbonyl (C=O) groups excluding carboxylic acids is 1. The first-order chi connectivity index (χ1) is 14.7. The van der Waals surface area contributed by atoms with Crippen molar-refractivity contribution in [3.05, 3.63) is 48.5 Å². The molecule has 8 nitrogen and oxygen atoms in total. The maximum atomic E-state index is 12.9. The first-order valence-electron chi connectivity index (χ1n) is 10.2. The largest absolute Gasteiger partial charge is 0.497 e. The molecule has 1 aliphatic rings. The van der Waals surface area contributed by atoms with Crippen LogP contribution in [0.4, 0.5) is 17.1 Å². The van der Waals surface area contributed by atoms with E-state index >= 15 is 0 Å². The van der Waals surface area contributed by atoms with Crippen LogP contribution in [0.3, 0.4) is 0 Å². The number of nitrogens with one attached hydrogen (secondary N) is 1. The van der Waals surface area contributed by atoms with Crippen molar-refractivity contribution < 1.29 is 17.9 Å². The predicted octanol–water partition coefficient (Wildman–Crippen LogP) is 2.24. The lowest BCUT2D eigenvalue weighted by molar-refractivity contribution is -0.116. The lowest BCUT2D eigenvalue weighted by Crippen LogP contribution is -2.45. The van der Waals surface area contributed by atoms with Crippen LogP contribution in [0, 0.1) is 0 Å². The second-order valence-electron chi connectivity index (χ2n) is 7.76. The number of piperazine rings is 1. The van der Waals surface area contributed by atoms with E-state index in [0.29, 0.717) is 17.1 Å². The normalized spacial score (nSPS) is 15.9. The standard InChI is InChI=1S/C22H30N4O4S/c1-17(26(31(4,28)29)20-6-5-7-21(16-20)30-3)22(27)23-18-8-10-19(11-9-18)25-14-12-24(2)13-15-25/h5-11,16-17H,12-15H2,1-4H3,(H,23,27)/t17-/m0/s1.